The van der Waals surface area contributed by atoms with Gasteiger partial charge in [-0.3, -0.25) is 9.36 Å². The van der Waals surface area contributed by atoms with Crippen LogP contribution in [0.3, 0.4) is 0 Å². The minimum atomic E-state index is 0.0664. The highest BCUT2D eigenvalue weighted by Gasteiger charge is 2.11. The van der Waals surface area contributed by atoms with Gasteiger partial charge in [-0.15, -0.1) is 6.58 Å². The molecule has 0 aliphatic carbocycles. The van der Waals surface area contributed by atoms with Crippen LogP contribution in [0.2, 0.25) is 0 Å². The van der Waals surface area contributed by atoms with Gasteiger partial charge in [0.25, 0.3) is 0 Å². The van der Waals surface area contributed by atoms with Gasteiger partial charge in [0.15, 0.2) is 0 Å². The molecule has 0 fully saturated rings. The smallest absolute Gasteiger partial charge is 0.232 e. The number of aromatic nitrogens is 2. The molecule has 2 rings (SSSR count). The van der Waals surface area contributed by atoms with Crippen molar-refractivity contribution in [3.05, 3.63) is 42.7 Å². The van der Waals surface area contributed by atoms with Gasteiger partial charge in [0.05, 0.1) is 0 Å². The predicted octanol–water partition coefficient (Wildman–Crippen LogP) is 2.95. The van der Waals surface area contributed by atoms with E-state index in [1.54, 1.807) is 16.8 Å². The van der Waals surface area contributed by atoms with Crippen LogP contribution in [0.25, 0.3) is 11.0 Å². The van der Waals surface area contributed by atoms with Gasteiger partial charge in [-0.2, -0.15) is 0 Å². The summed E-state index contributed by atoms with van der Waals surface area (Å²) in [5.74, 6) is 0.0664. The first kappa shape index (κ1) is 10.6. The Morgan fingerprint density at radius 3 is 3.19 bits per heavy atom. The van der Waals surface area contributed by atoms with Gasteiger partial charge in [-0.1, -0.05) is 6.08 Å². The first-order valence-corrected chi connectivity index (χ1v) is 5.31. The summed E-state index contributed by atoms with van der Waals surface area (Å²) in [6.45, 7) is 5.60. The summed E-state index contributed by atoms with van der Waals surface area (Å²) in [7, 11) is 0. The number of carbonyl (C=O) groups excluding carboxylic acids is 1. The molecule has 2 heterocycles. The van der Waals surface area contributed by atoms with Crippen molar-refractivity contribution < 1.29 is 4.79 Å². The Kier molecular flexibility index (Phi) is 2.86. The summed E-state index contributed by atoms with van der Waals surface area (Å²) < 4.78 is 1.63. The maximum atomic E-state index is 11.9. The molecule has 3 heteroatoms. The number of rotatable bonds is 3. The third-order valence-electron chi connectivity index (χ3n) is 2.59. The van der Waals surface area contributed by atoms with E-state index in [2.05, 4.69) is 11.6 Å². The van der Waals surface area contributed by atoms with E-state index in [9.17, 15) is 4.79 Å². The molecule has 3 nitrogen and oxygen atoms in total. The molecule has 2 aromatic heterocycles. The molecule has 0 spiro atoms. The number of nitrogens with zero attached hydrogens (tertiary/aromatic N) is 2. The van der Waals surface area contributed by atoms with E-state index in [0.717, 1.165) is 16.6 Å². The minimum absolute atomic E-state index is 0.0664. The zero-order valence-corrected chi connectivity index (χ0v) is 9.31. The van der Waals surface area contributed by atoms with Crippen LogP contribution in [-0.4, -0.2) is 15.5 Å². The molecule has 16 heavy (non-hydrogen) atoms. The molecular weight excluding hydrogens is 200 g/mol. The number of hydrogen-bond donors (Lipinski definition) is 0. The van der Waals surface area contributed by atoms with Gasteiger partial charge in [0, 0.05) is 24.2 Å². The van der Waals surface area contributed by atoms with E-state index in [1.807, 2.05) is 25.3 Å². The predicted molar refractivity (Wildman–Crippen MR) is 64.5 cm³/mol. The van der Waals surface area contributed by atoms with Gasteiger partial charge in [0.1, 0.15) is 5.65 Å². The Morgan fingerprint density at radius 1 is 1.62 bits per heavy atom. The van der Waals surface area contributed by atoms with Crippen molar-refractivity contribution in [1.82, 2.24) is 9.55 Å². The van der Waals surface area contributed by atoms with Crippen molar-refractivity contribution in [2.75, 3.05) is 0 Å². The van der Waals surface area contributed by atoms with Crippen molar-refractivity contribution in [3.63, 3.8) is 0 Å². The number of hydrogen-bond acceptors (Lipinski definition) is 2. The van der Waals surface area contributed by atoms with Gasteiger partial charge < -0.3 is 0 Å². The Bertz CT molecular complexity index is 540. The lowest BCUT2D eigenvalue weighted by Crippen LogP contribution is -2.09. The molecule has 0 bridgehead atoms. The lowest BCUT2D eigenvalue weighted by atomic mass is 10.2. The maximum Gasteiger partial charge on any atom is 0.232 e. The molecule has 0 aliphatic rings. The minimum Gasteiger partial charge on any atom is -0.274 e. The highest BCUT2D eigenvalue weighted by molar-refractivity contribution is 5.92. The van der Waals surface area contributed by atoms with Crippen LogP contribution in [0, 0.1) is 6.92 Å². The molecule has 0 saturated heterocycles. The molecule has 82 valence electrons. The second-order valence-electron chi connectivity index (χ2n) is 3.78. The van der Waals surface area contributed by atoms with E-state index < -0.39 is 0 Å². The molecule has 0 aromatic carbocycles. The van der Waals surface area contributed by atoms with Crippen LogP contribution in [0.15, 0.2) is 37.2 Å². The second kappa shape index (κ2) is 4.31. The van der Waals surface area contributed by atoms with Gasteiger partial charge in [0.2, 0.25) is 5.91 Å². The second-order valence-corrected chi connectivity index (χ2v) is 3.78. The van der Waals surface area contributed by atoms with Crippen LogP contribution in [0.5, 0.6) is 0 Å². The van der Waals surface area contributed by atoms with Crippen LogP contribution < -0.4 is 0 Å². The van der Waals surface area contributed by atoms with Gasteiger partial charge >= 0.3 is 0 Å². The maximum absolute atomic E-state index is 11.9. The van der Waals surface area contributed by atoms with Gasteiger partial charge in [-0.25, -0.2) is 4.98 Å². The monoisotopic (exact) mass is 214 g/mol. The van der Waals surface area contributed by atoms with Crippen molar-refractivity contribution in [2.45, 2.75) is 19.8 Å². The van der Waals surface area contributed by atoms with Crippen LogP contribution >= 0.6 is 0 Å². The number of aryl methyl sites for hydroxylation is 1. The summed E-state index contributed by atoms with van der Waals surface area (Å²) in [6, 6.07) is 3.86. The van der Waals surface area contributed by atoms with E-state index in [1.165, 1.54) is 0 Å². The third-order valence-corrected chi connectivity index (χ3v) is 2.59. The Morgan fingerprint density at radius 2 is 2.44 bits per heavy atom. The quantitative estimate of drug-likeness (QED) is 0.736. The molecule has 0 atom stereocenters. The summed E-state index contributed by atoms with van der Waals surface area (Å²) in [5.41, 5.74) is 1.82. The van der Waals surface area contributed by atoms with E-state index in [4.69, 9.17) is 0 Å². The highest BCUT2D eigenvalue weighted by atomic mass is 16.2. The fourth-order valence-corrected chi connectivity index (χ4v) is 1.76. The topological polar surface area (TPSA) is 34.9 Å². The van der Waals surface area contributed by atoms with E-state index >= 15 is 0 Å². The molecule has 0 radical (unpaired) electrons. The van der Waals surface area contributed by atoms with Crippen molar-refractivity contribution in [3.8, 4) is 0 Å². The first-order chi connectivity index (χ1) is 7.74. The van der Waals surface area contributed by atoms with Crippen molar-refractivity contribution >= 4 is 16.9 Å². The zero-order chi connectivity index (χ0) is 11.5. The lowest BCUT2D eigenvalue weighted by Gasteiger charge is -2.00. The molecule has 0 aliphatic heterocycles. The zero-order valence-electron chi connectivity index (χ0n) is 9.31. The average Bonchev–Trinajstić information content (AvgIpc) is 2.65. The summed E-state index contributed by atoms with van der Waals surface area (Å²) in [4.78, 5) is 16.2. The number of allylic oxidation sites excluding steroid dienone is 1. The summed E-state index contributed by atoms with van der Waals surface area (Å²) in [5, 5.41) is 1.04. The van der Waals surface area contributed by atoms with Gasteiger partial charge in [-0.05, 0) is 31.0 Å². The SMILES string of the molecule is C=CCCC(=O)n1cc(C)c2cccnc21. The average molecular weight is 214 g/mol. The summed E-state index contributed by atoms with van der Waals surface area (Å²) >= 11 is 0. The van der Waals surface area contributed by atoms with Crippen LogP contribution in [0.1, 0.15) is 23.2 Å². The highest BCUT2D eigenvalue weighted by Crippen LogP contribution is 2.18. The lowest BCUT2D eigenvalue weighted by molar-refractivity contribution is 0.0908. The fourth-order valence-electron chi connectivity index (χ4n) is 1.76. The van der Waals surface area contributed by atoms with E-state index in [-0.39, 0.29) is 5.91 Å². The molecule has 0 unspecified atom stereocenters. The molecule has 0 N–H and O–H groups in total. The molecule has 2 aromatic rings. The van der Waals surface area contributed by atoms with Crippen LogP contribution in [-0.2, 0) is 0 Å². The Balaban J connectivity index is 2.44. The van der Waals surface area contributed by atoms with Crippen LogP contribution in [0.4, 0.5) is 0 Å². The number of carbonyl (C=O) groups is 1. The fraction of sp³-hybridized carbons (Fsp3) is 0.231. The van der Waals surface area contributed by atoms with Crippen molar-refractivity contribution in [2.24, 2.45) is 0 Å². The first-order valence-electron chi connectivity index (χ1n) is 5.31. The standard InChI is InChI=1S/C13H14N2O/c1-3-4-7-12(16)15-9-10(2)11-6-5-8-14-13(11)15/h3,5-6,8-9H,1,4,7H2,2H3. The third kappa shape index (κ3) is 1.76. The largest absolute Gasteiger partial charge is 0.274 e. The number of fused-ring (bicyclic) bond motifs is 1. The molecule has 0 saturated carbocycles. The Labute approximate surface area is 94.4 Å². The number of pyridine rings is 1. The molecule has 0 amide bonds. The normalized spacial score (nSPS) is 10.6. The Hall–Kier alpha value is -1.90. The molecular formula is C13H14N2O. The van der Waals surface area contributed by atoms with E-state index in [0.29, 0.717) is 12.8 Å². The van der Waals surface area contributed by atoms with Crippen molar-refractivity contribution in [1.29, 1.82) is 0 Å². The summed E-state index contributed by atoms with van der Waals surface area (Å²) in [6.07, 6.45) is 6.49.